The predicted molar refractivity (Wildman–Crippen MR) is 87.8 cm³/mol. The number of para-hydroxylation sites is 1. The van der Waals surface area contributed by atoms with Gasteiger partial charge in [-0.2, -0.15) is 5.26 Å². The van der Waals surface area contributed by atoms with Gasteiger partial charge in [-0.3, -0.25) is 4.79 Å². The SMILES string of the molecule is COc1ccc(NC(=O)CNc2ccccc2C#N)cc1OC. The van der Waals surface area contributed by atoms with Crippen LogP contribution in [0.5, 0.6) is 11.5 Å². The first-order valence-corrected chi connectivity index (χ1v) is 6.92. The van der Waals surface area contributed by atoms with Crippen LogP contribution in [0.3, 0.4) is 0 Å². The number of hydrogen-bond donors (Lipinski definition) is 2. The summed E-state index contributed by atoms with van der Waals surface area (Å²) >= 11 is 0. The molecule has 1 amide bonds. The number of ether oxygens (including phenoxy) is 2. The topological polar surface area (TPSA) is 83.4 Å². The van der Waals surface area contributed by atoms with E-state index in [9.17, 15) is 4.79 Å². The molecule has 0 unspecified atom stereocenters. The van der Waals surface area contributed by atoms with Crippen LogP contribution in [0.15, 0.2) is 42.5 Å². The molecule has 0 heterocycles. The van der Waals surface area contributed by atoms with Gasteiger partial charge in [-0.1, -0.05) is 12.1 Å². The van der Waals surface area contributed by atoms with Crippen molar-refractivity contribution in [2.75, 3.05) is 31.4 Å². The van der Waals surface area contributed by atoms with Gasteiger partial charge in [0.05, 0.1) is 32.0 Å². The Morgan fingerprint density at radius 2 is 1.87 bits per heavy atom. The van der Waals surface area contributed by atoms with Crippen LogP contribution in [0.2, 0.25) is 0 Å². The van der Waals surface area contributed by atoms with Crippen molar-refractivity contribution in [3.63, 3.8) is 0 Å². The lowest BCUT2D eigenvalue weighted by atomic mass is 10.2. The third-order valence-corrected chi connectivity index (χ3v) is 3.15. The highest BCUT2D eigenvalue weighted by Crippen LogP contribution is 2.29. The van der Waals surface area contributed by atoms with Crippen molar-refractivity contribution in [3.05, 3.63) is 48.0 Å². The molecule has 6 nitrogen and oxygen atoms in total. The Hall–Kier alpha value is -3.20. The zero-order chi connectivity index (χ0) is 16.7. The highest BCUT2D eigenvalue weighted by molar-refractivity contribution is 5.94. The van der Waals surface area contributed by atoms with E-state index in [-0.39, 0.29) is 12.5 Å². The maximum Gasteiger partial charge on any atom is 0.243 e. The lowest BCUT2D eigenvalue weighted by Crippen LogP contribution is -2.22. The molecule has 0 atom stereocenters. The minimum Gasteiger partial charge on any atom is -0.493 e. The van der Waals surface area contributed by atoms with Crippen LogP contribution in [0.25, 0.3) is 0 Å². The summed E-state index contributed by atoms with van der Waals surface area (Å²) in [6.45, 7) is 0.0486. The van der Waals surface area contributed by atoms with Crippen molar-refractivity contribution in [3.8, 4) is 17.6 Å². The van der Waals surface area contributed by atoms with Crippen molar-refractivity contribution in [1.29, 1.82) is 5.26 Å². The molecule has 0 bridgehead atoms. The molecule has 2 aromatic rings. The molecular weight excluding hydrogens is 294 g/mol. The van der Waals surface area contributed by atoms with Crippen molar-refractivity contribution < 1.29 is 14.3 Å². The van der Waals surface area contributed by atoms with Crippen molar-refractivity contribution in [2.45, 2.75) is 0 Å². The number of carbonyl (C=O) groups excluding carboxylic acids is 1. The van der Waals surface area contributed by atoms with Crippen LogP contribution < -0.4 is 20.1 Å². The van der Waals surface area contributed by atoms with Crippen LogP contribution in [-0.2, 0) is 4.79 Å². The Kier molecular flexibility index (Phi) is 5.42. The number of benzene rings is 2. The summed E-state index contributed by atoms with van der Waals surface area (Å²) in [5.41, 5.74) is 1.71. The minimum absolute atomic E-state index is 0.0486. The van der Waals surface area contributed by atoms with E-state index in [1.165, 1.54) is 7.11 Å². The van der Waals surface area contributed by atoms with E-state index in [0.717, 1.165) is 0 Å². The first kappa shape index (κ1) is 16.2. The van der Waals surface area contributed by atoms with Crippen LogP contribution in [0, 0.1) is 11.3 Å². The van der Waals surface area contributed by atoms with Gasteiger partial charge in [0.15, 0.2) is 11.5 Å². The molecular formula is C17H17N3O3. The minimum atomic E-state index is -0.232. The zero-order valence-electron chi connectivity index (χ0n) is 12.9. The smallest absolute Gasteiger partial charge is 0.243 e. The molecule has 0 spiro atoms. The molecule has 0 saturated heterocycles. The van der Waals surface area contributed by atoms with Gasteiger partial charge in [0, 0.05) is 11.8 Å². The summed E-state index contributed by atoms with van der Waals surface area (Å²) in [4.78, 5) is 12.0. The highest BCUT2D eigenvalue weighted by atomic mass is 16.5. The van der Waals surface area contributed by atoms with Gasteiger partial charge in [-0.25, -0.2) is 0 Å². The molecule has 0 aromatic heterocycles. The fourth-order valence-corrected chi connectivity index (χ4v) is 2.03. The van der Waals surface area contributed by atoms with E-state index in [2.05, 4.69) is 16.7 Å². The fourth-order valence-electron chi connectivity index (χ4n) is 2.03. The monoisotopic (exact) mass is 311 g/mol. The van der Waals surface area contributed by atoms with E-state index in [4.69, 9.17) is 14.7 Å². The fraction of sp³-hybridized carbons (Fsp3) is 0.176. The quantitative estimate of drug-likeness (QED) is 0.857. The molecule has 0 radical (unpaired) electrons. The Labute approximate surface area is 134 Å². The molecule has 2 aromatic carbocycles. The van der Waals surface area contributed by atoms with Crippen molar-refractivity contribution >= 4 is 17.3 Å². The molecule has 0 fully saturated rings. The lowest BCUT2D eigenvalue weighted by molar-refractivity contribution is -0.114. The maximum absolute atomic E-state index is 12.0. The van der Waals surface area contributed by atoms with Crippen molar-refractivity contribution in [1.82, 2.24) is 0 Å². The van der Waals surface area contributed by atoms with Crippen LogP contribution >= 0.6 is 0 Å². The average Bonchev–Trinajstić information content (AvgIpc) is 2.60. The third-order valence-electron chi connectivity index (χ3n) is 3.15. The summed E-state index contributed by atoms with van der Waals surface area (Å²) < 4.78 is 10.3. The van der Waals surface area contributed by atoms with E-state index in [1.807, 2.05) is 0 Å². The van der Waals surface area contributed by atoms with Gasteiger partial charge in [0.25, 0.3) is 0 Å². The Morgan fingerprint density at radius 3 is 2.57 bits per heavy atom. The summed E-state index contributed by atoms with van der Waals surface area (Å²) in [6, 6.07) is 14.2. The van der Waals surface area contributed by atoms with Gasteiger partial charge < -0.3 is 20.1 Å². The Morgan fingerprint density at radius 1 is 1.13 bits per heavy atom. The maximum atomic E-state index is 12.0. The molecule has 0 aliphatic carbocycles. The number of hydrogen-bond acceptors (Lipinski definition) is 5. The van der Waals surface area contributed by atoms with E-state index >= 15 is 0 Å². The lowest BCUT2D eigenvalue weighted by Gasteiger charge is -2.11. The van der Waals surface area contributed by atoms with Crippen LogP contribution in [0.4, 0.5) is 11.4 Å². The molecule has 6 heteroatoms. The number of methoxy groups -OCH3 is 2. The molecule has 0 aliphatic heterocycles. The summed E-state index contributed by atoms with van der Waals surface area (Å²) in [6.07, 6.45) is 0. The number of nitriles is 1. The standard InChI is InChI=1S/C17H17N3O3/c1-22-15-8-7-13(9-16(15)23-2)20-17(21)11-19-14-6-4-3-5-12(14)10-18/h3-9,19H,11H2,1-2H3,(H,20,21). The molecule has 23 heavy (non-hydrogen) atoms. The number of anilines is 2. The van der Waals surface area contributed by atoms with E-state index in [0.29, 0.717) is 28.4 Å². The number of amides is 1. The largest absolute Gasteiger partial charge is 0.493 e. The number of carbonyl (C=O) groups is 1. The Bertz CT molecular complexity index is 738. The van der Waals surface area contributed by atoms with Crippen LogP contribution in [0.1, 0.15) is 5.56 Å². The van der Waals surface area contributed by atoms with Gasteiger partial charge in [-0.05, 0) is 24.3 Å². The summed E-state index contributed by atoms with van der Waals surface area (Å²) in [7, 11) is 3.08. The molecule has 0 saturated carbocycles. The second-order valence-corrected chi connectivity index (χ2v) is 4.63. The molecule has 2 N–H and O–H groups in total. The predicted octanol–water partition coefficient (Wildman–Crippen LogP) is 2.63. The van der Waals surface area contributed by atoms with Gasteiger partial charge >= 0.3 is 0 Å². The zero-order valence-corrected chi connectivity index (χ0v) is 12.9. The summed E-state index contributed by atoms with van der Waals surface area (Å²) in [5.74, 6) is 0.893. The van der Waals surface area contributed by atoms with Gasteiger partial charge in [0.2, 0.25) is 5.91 Å². The number of nitrogens with zero attached hydrogens (tertiary/aromatic N) is 1. The highest BCUT2D eigenvalue weighted by Gasteiger charge is 2.08. The van der Waals surface area contributed by atoms with E-state index in [1.54, 1.807) is 49.6 Å². The number of rotatable bonds is 6. The van der Waals surface area contributed by atoms with Gasteiger partial charge in [0.1, 0.15) is 6.07 Å². The molecule has 2 rings (SSSR count). The second-order valence-electron chi connectivity index (χ2n) is 4.63. The second kappa shape index (κ2) is 7.71. The summed E-state index contributed by atoms with van der Waals surface area (Å²) in [5, 5.41) is 14.7. The Balaban J connectivity index is 1.99. The normalized spacial score (nSPS) is 9.61. The third kappa shape index (κ3) is 4.14. The molecule has 0 aliphatic rings. The average molecular weight is 311 g/mol. The number of nitrogens with one attached hydrogen (secondary N) is 2. The first-order valence-electron chi connectivity index (χ1n) is 6.92. The van der Waals surface area contributed by atoms with Crippen molar-refractivity contribution in [2.24, 2.45) is 0 Å². The van der Waals surface area contributed by atoms with Gasteiger partial charge in [-0.15, -0.1) is 0 Å². The molecule has 118 valence electrons. The van der Waals surface area contributed by atoms with Crippen LogP contribution in [-0.4, -0.2) is 26.7 Å². The van der Waals surface area contributed by atoms with E-state index < -0.39 is 0 Å². The first-order chi connectivity index (χ1) is 11.2.